The lowest BCUT2D eigenvalue weighted by atomic mass is 10.0. The molecule has 0 bridgehead atoms. The normalized spacial score (nSPS) is 13.1. The zero-order valence-electron chi connectivity index (χ0n) is 11.3. The van der Waals surface area contributed by atoms with Crippen LogP contribution in [-0.2, 0) is 11.4 Å². The molecule has 1 unspecified atom stereocenters. The molecule has 0 aliphatic heterocycles. The van der Waals surface area contributed by atoms with Crippen LogP contribution in [0.25, 0.3) is 0 Å². The number of halogens is 3. The van der Waals surface area contributed by atoms with E-state index in [2.05, 4.69) is 5.48 Å². The van der Waals surface area contributed by atoms with Gasteiger partial charge >= 0.3 is 6.18 Å². The Labute approximate surface area is 121 Å². The third kappa shape index (κ3) is 5.57. The lowest BCUT2D eigenvalue weighted by molar-refractivity contribution is -0.150. The second kappa shape index (κ2) is 7.24. The second-order valence-corrected chi connectivity index (χ2v) is 4.67. The van der Waals surface area contributed by atoms with Crippen LogP contribution in [0.15, 0.2) is 60.7 Å². The van der Waals surface area contributed by atoms with E-state index >= 15 is 0 Å². The number of nitrogens with one attached hydrogen (secondary N) is 1. The van der Waals surface area contributed by atoms with Crippen molar-refractivity contribution in [1.82, 2.24) is 5.48 Å². The highest BCUT2D eigenvalue weighted by atomic mass is 19.4. The predicted molar refractivity (Wildman–Crippen MR) is 74.2 cm³/mol. The third-order valence-corrected chi connectivity index (χ3v) is 2.94. The first-order valence-electron chi connectivity index (χ1n) is 6.57. The quantitative estimate of drug-likeness (QED) is 0.797. The SMILES string of the molecule is FC(F)(F)CC(NOCc1ccccc1)c1ccccc1. The molecule has 1 atom stereocenters. The average molecular weight is 295 g/mol. The lowest BCUT2D eigenvalue weighted by Crippen LogP contribution is -2.27. The molecule has 5 heteroatoms. The van der Waals surface area contributed by atoms with Crippen LogP contribution in [0, 0.1) is 0 Å². The molecule has 0 aliphatic carbocycles. The molecule has 1 N–H and O–H groups in total. The van der Waals surface area contributed by atoms with Crippen LogP contribution in [-0.4, -0.2) is 6.18 Å². The van der Waals surface area contributed by atoms with Crippen molar-refractivity contribution >= 4 is 0 Å². The van der Waals surface area contributed by atoms with Crippen LogP contribution in [0.3, 0.4) is 0 Å². The minimum absolute atomic E-state index is 0.210. The molecule has 0 radical (unpaired) electrons. The number of benzene rings is 2. The van der Waals surface area contributed by atoms with Gasteiger partial charge in [0, 0.05) is 0 Å². The van der Waals surface area contributed by atoms with E-state index in [-0.39, 0.29) is 6.61 Å². The summed E-state index contributed by atoms with van der Waals surface area (Å²) in [6.07, 6.45) is -5.24. The van der Waals surface area contributed by atoms with Gasteiger partial charge in [-0.1, -0.05) is 60.7 Å². The molecule has 0 aromatic heterocycles. The third-order valence-electron chi connectivity index (χ3n) is 2.94. The van der Waals surface area contributed by atoms with E-state index in [4.69, 9.17) is 4.84 Å². The Balaban J connectivity index is 1.96. The van der Waals surface area contributed by atoms with E-state index in [1.807, 2.05) is 30.3 Å². The van der Waals surface area contributed by atoms with Gasteiger partial charge in [-0.05, 0) is 11.1 Å². The largest absolute Gasteiger partial charge is 0.391 e. The number of hydrogen-bond donors (Lipinski definition) is 1. The summed E-state index contributed by atoms with van der Waals surface area (Å²) in [7, 11) is 0. The number of hydroxylamine groups is 1. The molecule has 0 amide bonds. The van der Waals surface area contributed by atoms with Gasteiger partial charge in [-0.15, -0.1) is 0 Å². The highest BCUT2D eigenvalue weighted by Crippen LogP contribution is 2.29. The smallest absolute Gasteiger partial charge is 0.296 e. The molecule has 0 spiro atoms. The zero-order valence-corrected chi connectivity index (χ0v) is 11.3. The molecule has 21 heavy (non-hydrogen) atoms. The Morgan fingerprint density at radius 1 is 0.905 bits per heavy atom. The summed E-state index contributed by atoms with van der Waals surface area (Å²) in [6.45, 7) is 0.210. The molecule has 0 saturated carbocycles. The van der Waals surface area contributed by atoms with E-state index in [1.54, 1.807) is 30.3 Å². The summed E-state index contributed by atoms with van der Waals surface area (Å²) in [4.78, 5) is 5.23. The van der Waals surface area contributed by atoms with Gasteiger partial charge in [0.15, 0.2) is 0 Å². The van der Waals surface area contributed by atoms with Crippen LogP contribution in [0.5, 0.6) is 0 Å². The Morgan fingerprint density at radius 2 is 1.48 bits per heavy atom. The maximum absolute atomic E-state index is 12.6. The van der Waals surface area contributed by atoms with Crippen LogP contribution < -0.4 is 5.48 Å². The molecular formula is C16H16F3NO. The Bertz CT molecular complexity index is 528. The van der Waals surface area contributed by atoms with Crippen LogP contribution in [0.1, 0.15) is 23.6 Å². The molecule has 0 heterocycles. The second-order valence-electron chi connectivity index (χ2n) is 4.67. The summed E-state index contributed by atoms with van der Waals surface area (Å²) in [6, 6.07) is 16.8. The molecule has 0 saturated heterocycles. The topological polar surface area (TPSA) is 21.3 Å². The maximum atomic E-state index is 12.6. The van der Waals surface area contributed by atoms with E-state index in [0.717, 1.165) is 5.56 Å². The maximum Gasteiger partial charge on any atom is 0.391 e. The van der Waals surface area contributed by atoms with Gasteiger partial charge in [0.2, 0.25) is 0 Å². The van der Waals surface area contributed by atoms with Crippen molar-refractivity contribution in [3.8, 4) is 0 Å². The van der Waals surface area contributed by atoms with Gasteiger partial charge in [0.25, 0.3) is 0 Å². The van der Waals surface area contributed by atoms with Crippen molar-refractivity contribution in [1.29, 1.82) is 0 Å². The molecule has 112 valence electrons. The van der Waals surface area contributed by atoms with Crippen LogP contribution in [0.4, 0.5) is 13.2 Å². The van der Waals surface area contributed by atoms with Gasteiger partial charge in [-0.2, -0.15) is 18.7 Å². The first-order chi connectivity index (χ1) is 10.0. The minimum atomic E-state index is -4.26. The van der Waals surface area contributed by atoms with Crippen molar-refractivity contribution < 1.29 is 18.0 Å². The monoisotopic (exact) mass is 295 g/mol. The van der Waals surface area contributed by atoms with Crippen molar-refractivity contribution in [2.75, 3.05) is 0 Å². The summed E-state index contributed by atoms with van der Waals surface area (Å²) in [5.41, 5.74) is 3.96. The molecule has 2 rings (SSSR count). The van der Waals surface area contributed by atoms with Gasteiger partial charge in [-0.25, -0.2) is 0 Å². The standard InChI is InChI=1S/C16H16F3NO/c17-16(18,19)11-15(14-9-5-2-6-10-14)20-21-12-13-7-3-1-4-8-13/h1-10,15,20H,11-12H2. The number of hydrogen-bond acceptors (Lipinski definition) is 2. The fraction of sp³-hybridized carbons (Fsp3) is 0.250. The Hall–Kier alpha value is -1.85. The van der Waals surface area contributed by atoms with Crippen molar-refractivity contribution in [2.24, 2.45) is 0 Å². The first kappa shape index (κ1) is 15.5. The lowest BCUT2D eigenvalue weighted by Gasteiger charge is -2.20. The summed E-state index contributed by atoms with van der Waals surface area (Å²) < 4.78 is 37.9. The van der Waals surface area contributed by atoms with Crippen LogP contribution >= 0.6 is 0 Å². The predicted octanol–water partition coefficient (Wildman–Crippen LogP) is 4.40. The van der Waals surface area contributed by atoms with Gasteiger partial charge < -0.3 is 0 Å². The fourth-order valence-corrected chi connectivity index (χ4v) is 1.94. The van der Waals surface area contributed by atoms with E-state index in [0.29, 0.717) is 5.56 Å². The Kier molecular flexibility index (Phi) is 5.36. The molecule has 2 aromatic carbocycles. The number of rotatable bonds is 6. The average Bonchev–Trinajstić information content (AvgIpc) is 2.47. The van der Waals surface area contributed by atoms with Gasteiger partial charge in [0.1, 0.15) is 0 Å². The van der Waals surface area contributed by atoms with Gasteiger partial charge in [-0.3, -0.25) is 4.84 Å². The molecule has 0 aliphatic rings. The van der Waals surface area contributed by atoms with Crippen molar-refractivity contribution in [3.63, 3.8) is 0 Å². The highest BCUT2D eigenvalue weighted by molar-refractivity contribution is 5.19. The van der Waals surface area contributed by atoms with Crippen LogP contribution in [0.2, 0.25) is 0 Å². The summed E-state index contributed by atoms with van der Waals surface area (Å²) in [5.74, 6) is 0. The van der Waals surface area contributed by atoms with E-state index in [1.165, 1.54) is 0 Å². The van der Waals surface area contributed by atoms with E-state index < -0.39 is 18.6 Å². The fourth-order valence-electron chi connectivity index (χ4n) is 1.94. The van der Waals surface area contributed by atoms with E-state index in [9.17, 15) is 13.2 Å². The minimum Gasteiger partial charge on any atom is -0.296 e. The van der Waals surface area contributed by atoms with Crippen molar-refractivity contribution in [3.05, 3.63) is 71.8 Å². The summed E-state index contributed by atoms with van der Waals surface area (Å²) in [5, 5.41) is 0. The highest BCUT2D eigenvalue weighted by Gasteiger charge is 2.32. The Morgan fingerprint density at radius 3 is 2.05 bits per heavy atom. The molecular weight excluding hydrogens is 279 g/mol. The zero-order chi connectivity index (χ0) is 15.1. The first-order valence-corrected chi connectivity index (χ1v) is 6.57. The molecule has 2 nitrogen and oxygen atoms in total. The van der Waals surface area contributed by atoms with Gasteiger partial charge in [0.05, 0.1) is 19.1 Å². The van der Waals surface area contributed by atoms with Crippen molar-refractivity contribution in [2.45, 2.75) is 25.2 Å². The summed E-state index contributed by atoms with van der Waals surface area (Å²) >= 11 is 0. The molecule has 2 aromatic rings. The number of alkyl halides is 3. The molecule has 0 fully saturated rings.